The number of phenolic OH excluding ortho intramolecular Hbond substituents is 1. The van der Waals surface area contributed by atoms with Gasteiger partial charge in [-0.05, 0) is 23.8 Å². The molecule has 0 aliphatic carbocycles. The molecular formula is C9H10N2O. The number of hydrogen-bond donors (Lipinski definition) is 3. The molecule has 12 heavy (non-hydrogen) atoms. The first-order valence-electron chi connectivity index (χ1n) is 3.80. The maximum Gasteiger partial charge on any atom is 0.116 e. The third-order valence-electron chi connectivity index (χ3n) is 1.97. The second kappa shape index (κ2) is 2.53. The number of hydrogen-bond acceptors (Lipinski definition) is 2. The largest absolute Gasteiger partial charge is 0.508 e. The van der Waals surface area contributed by atoms with E-state index < -0.39 is 0 Å². The van der Waals surface area contributed by atoms with Gasteiger partial charge >= 0.3 is 0 Å². The van der Waals surface area contributed by atoms with Crippen LogP contribution in [0.15, 0.2) is 24.4 Å². The Hall–Kier alpha value is -1.48. The lowest BCUT2D eigenvalue weighted by Crippen LogP contribution is -1.93. The van der Waals surface area contributed by atoms with Gasteiger partial charge in [-0.25, -0.2) is 0 Å². The van der Waals surface area contributed by atoms with E-state index in [1.807, 2.05) is 12.3 Å². The number of nitrogens with two attached hydrogens (primary N) is 1. The molecule has 1 aromatic heterocycles. The van der Waals surface area contributed by atoms with Crippen LogP contribution >= 0.6 is 0 Å². The summed E-state index contributed by atoms with van der Waals surface area (Å²) in [5.41, 5.74) is 7.55. The highest BCUT2D eigenvalue weighted by atomic mass is 16.3. The second-order valence-corrected chi connectivity index (χ2v) is 2.75. The van der Waals surface area contributed by atoms with Gasteiger partial charge in [0, 0.05) is 23.6 Å². The summed E-state index contributed by atoms with van der Waals surface area (Å²) in [6.07, 6.45) is 1.87. The van der Waals surface area contributed by atoms with E-state index in [-0.39, 0.29) is 5.75 Å². The summed E-state index contributed by atoms with van der Waals surface area (Å²) in [6.45, 7) is 0.490. The number of aromatic amines is 1. The summed E-state index contributed by atoms with van der Waals surface area (Å²) in [6, 6.07) is 5.21. The quantitative estimate of drug-likeness (QED) is 0.592. The van der Waals surface area contributed by atoms with E-state index in [1.165, 1.54) is 0 Å². The molecule has 3 heteroatoms. The minimum Gasteiger partial charge on any atom is -0.508 e. The molecule has 0 aliphatic rings. The van der Waals surface area contributed by atoms with Crippen LogP contribution < -0.4 is 5.73 Å². The average molecular weight is 162 g/mol. The molecular weight excluding hydrogens is 152 g/mol. The number of aromatic nitrogens is 1. The van der Waals surface area contributed by atoms with Crippen molar-refractivity contribution in [3.8, 4) is 5.75 Å². The molecule has 0 saturated carbocycles. The highest BCUT2D eigenvalue weighted by Crippen LogP contribution is 2.22. The van der Waals surface area contributed by atoms with Gasteiger partial charge in [0.1, 0.15) is 5.75 Å². The van der Waals surface area contributed by atoms with Gasteiger partial charge in [-0.2, -0.15) is 0 Å². The van der Waals surface area contributed by atoms with Crippen molar-refractivity contribution in [2.45, 2.75) is 6.54 Å². The minimum atomic E-state index is 0.275. The number of nitrogens with one attached hydrogen (secondary N) is 1. The standard InChI is InChI=1S/C9H10N2O/c10-4-6-5-11-9-2-1-7(12)3-8(6)9/h1-3,5,11-12H,4,10H2. The van der Waals surface area contributed by atoms with Crippen LogP contribution in [0.1, 0.15) is 5.56 Å². The lowest BCUT2D eigenvalue weighted by atomic mass is 10.2. The molecule has 0 spiro atoms. The Bertz CT molecular complexity index is 406. The van der Waals surface area contributed by atoms with Crippen LogP contribution in [-0.2, 0) is 6.54 Å². The van der Waals surface area contributed by atoms with E-state index in [4.69, 9.17) is 5.73 Å². The van der Waals surface area contributed by atoms with Crippen LogP contribution in [0.3, 0.4) is 0 Å². The zero-order chi connectivity index (χ0) is 8.55. The van der Waals surface area contributed by atoms with E-state index in [0.29, 0.717) is 6.54 Å². The first kappa shape index (κ1) is 7.18. The summed E-state index contributed by atoms with van der Waals surface area (Å²) in [7, 11) is 0. The molecule has 0 unspecified atom stereocenters. The van der Waals surface area contributed by atoms with E-state index in [0.717, 1.165) is 16.5 Å². The molecule has 0 atom stereocenters. The Kier molecular flexibility index (Phi) is 1.52. The van der Waals surface area contributed by atoms with Crippen molar-refractivity contribution in [3.05, 3.63) is 30.0 Å². The Morgan fingerprint density at radius 1 is 1.42 bits per heavy atom. The van der Waals surface area contributed by atoms with E-state index in [2.05, 4.69) is 4.98 Å². The fourth-order valence-electron chi connectivity index (χ4n) is 1.34. The smallest absolute Gasteiger partial charge is 0.116 e. The van der Waals surface area contributed by atoms with Gasteiger partial charge < -0.3 is 15.8 Å². The Morgan fingerprint density at radius 2 is 2.25 bits per heavy atom. The number of aromatic hydroxyl groups is 1. The van der Waals surface area contributed by atoms with E-state index >= 15 is 0 Å². The third kappa shape index (κ3) is 0.950. The lowest BCUT2D eigenvalue weighted by Gasteiger charge is -1.94. The number of rotatable bonds is 1. The second-order valence-electron chi connectivity index (χ2n) is 2.75. The first-order chi connectivity index (χ1) is 5.81. The highest BCUT2D eigenvalue weighted by molar-refractivity contribution is 5.84. The van der Waals surface area contributed by atoms with Crippen molar-refractivity contribution in [2.75, 3.05) is 0 Å². The van der Waals surface area contributed by atoms with Crippen molar-refractivity contribution in [2.24, 2.45) is 5.73 Å². The van der Waals surface area contributed by atoms with Crippen molar-refractivity contribution < 1.29 is 5.11 Å². The van der Waals surface area contributed by atoms with Crippen molar-refractivity contribution in [3.63, 3.8) is 0 Å². The summed E-state index contributed by atoms with van der Waals surface area (Å²) in [5.74, 6) is 0.275. The van der Waals surface area contributed by atoms with Crippen molar-refractivity contribution in [1.82, 2.24) is 4.98 Å². The van der Waals surface area contributed by atoms with Gasteiger partial charge in [0.05, 0.1) is 0 Å². The summed E-state index contributed by atoms with van der Waals surface area (Å²) < 4.78 is 0. The van der Waals surface area contributed by atoms with Crippen LogP contribution in [0.4, 0.5) is 0 Å². The molecule has 0 fully saturated rings. The molecule has 62 valence electrons. The van der Waals surface area contributed by atoms with Crippen LogP contribution in [0.2, 0.25) is 0 Å². The van der Waals surface area contributed by atoms with Crippen LogP contribution in [0, 0.1) is 0 Å². The maximum atomic E-state index is 9.21. The average Bonchev–Trinajstić information content (AvgIpc) is 2.46. The van der Waals surface area contributed by atoms with Gasteiger partial charge in [0.25, 0.3) is 0 Å². The topological polar surface area (TPSA) is 62.0 Å². The van der Waals surface area contributed by atoms with Gasteiger partial charge in [0.15, 0.2) is 0 Å². The molecule has 0 radical (unpaired) electrons. The molecule has 0 saturated heterocycles. The molecule has 4 N–H and O–H groups in total. The maximum absolute atomic E-state index is 9.21. The Balaban J connectivity index is 2.75. The molecule has 0 aliphatic heterocycles. The molecule has 3 nitrogen and oxygen atoms in total. The van der Waals surface area contributed by atoms with Gasteiger partial charge in [-0.1, -0.05) is 0 Å². The summed E-state index contributed by atoms with van der Waals surface area (Å²) in [4.78, 5) is 3.08. The van der Waals surface area contributed by atoms with E-state index in [9.17, 15) is 5.11 Å². The first-order valence-corrected chi connectivity index (χ1v) is 3.80. The number of fused-ring (bicyclic) bond motifs is 1. The van der Waals surface area contributed by atoms with Gasteiger partial charge in [-0.15, -0.1) is 0 Å². The van der Waals surface area contributed by atoms with Crippen molar-refractivity contribution in [1.29, 1.82) is 0 Å². The van der Waals surface area contributed by atoms with Gasteiger partial charge in [0.2, 0.25) is 0 Å². The normalized spacial score (nSPS) is 10.8. The molecule has 0 amide bonds. The third-order valence-corrected chi connectivity index (χ3v) is 1.97. The zero-order valence-electron chi connectivity index (χ0n) is 6.54. The molecule has 1 heterocycles. The predicted octanol–water partition coefficient (Wildman–Crippen LogP) is 1.33. The fourth-order valence-corrected chi connectivity index (χ4v) is 1.34. The van der Waals surface area contributed by atoms with Gasteiger partial charge in [-0.3, -0.25) is 0 Å². The monoisotopic (exact) mass is 162 g/mol. The molecule has 0 bridgehead atoms. The molecule has 2 aromatic rings. The van der Waals surface area contributed by atoms with Crippen LogP contribution in [0.5, 0.6) is 5.75 Å². The lowest BCUT2D eigenvalue weighted by molar-refractivity contribution is 0.476. The van der Waals surface area contributed by atoms with Crippen LogP contribution in [0.25, 0.3) is 10.9 Å². The number of H-pyrrole nitrogens is 1. The Labute approximate surface area is 69.8 Å². The predicted molar refractivity (Wildman–Crippen MR) is 47.9 cm³/mol. The summed E-state index contributed by atoms with van der Waals surface area (Å²) >= 11 is 0. The summed E-state index contributed by atoms with van der Waals surface area (Å²) in [5, 5.41) is 10.2. The SMILES string of the molecule is NCc1c[nH]c2ccc(O)cc12. The number of benzene rings is 1. The molecule has 2 rings (SSSR count). The highest BCUT2D eigenvalue weighted by Gasteiger charge is 2.01. The minimum absolute atomic E-state index is 0.275. The Morgan fingerprint density at radius 3 is 3.00 bits per heavy atom. The van der Waals surface area contributed by atoms with Crippen LogP contribution in [-0.4, -0.2) is 10.1 Å². The van der Waals surface area contributed by atoms with E-state index in [1.54, 1.807) is 12.1 Å². The number of phenols is 1. The molecule has 1 aromatic carbocycles. The zero-order valence-corrected chi connectivity index (χ0v) is 6.54. The van der Waals surface area contributed by atoms with Crippen molar-refractivity contribution >= 4 is 10.9 Å². The fraction of sp³-hybridized carbons (Fsp3) is 0.111.